The van der Waals surface area contributed by atoms with Gasteiger partial charge in [-0.05, 0) is 70.6 Å². The number of esters is 1. The topological polar surface area (TPSA) is 117 Å². The summed E-state index contributed by atoms with van der Waals surface area (Å²) in [5.41, 5.74) is 5.38. The third kappa shape index (κ3) is 43.8. The van der Waals surface area contributed by atoms with E-state index < -0.39 is 13.9 Å². The van der Waals surface area contributed by atoms with Crippen LogP contribution in [0, 0.1) is 0 Å². The molecule has 0 bridgehead atoms. The molecule has 0 spiro atoms. The maximum absolute atomic E-state index is 12.6. The van der Waals surface area contributed by atoms with Crippen molar-refractivity contribution in [2.75, 3.05) is 33.0 Å². The van der Waals surface area contributed by atoms with Gasteiger partial charge in [-0.25, -0.2) is 4.57 Å². The molecule has 330 valence electrons. The number of rotatable bonds is 45. The number of unbranched alkanes of at least 4 members (excludes halogenated alkanes) is 26. The molecule has 0 saturated carbocycles. The molecule has 0 aromatic carbocycles. The number of hydrogen-bond donors (Lipinski definition) is 2. The number of allylic oxidation sites excluding steroid dienone is 6. The molecule has 8 nitrogen and oxygen atoms in total. The van der Waals surface area contributed by atoms with Crippen molar-refractivity contribution in [3.8, 4) is 0 Å². The van der Waals surface area contributed by atoms with Gasteiger partial charge in [0.15, 0.2) is 0 Å². The van der Waals surface area contributed by atoms with Gasteiger partial charge in [0.2, 0.25) is 0 Å². The van der Waals surface area contributed by atoms with E-state index in [9.17, 15) is 14.3 Å². The maximum Gasteiger partial charge on any atom is 0.472 e. The molecule has 0 heterocycles. The predicted molar refractivity (Wildman–Crippen MR) is 238 cm³/mol. The van der Waals surface area contributed by atoms with Crippen molar-refractivity contribution in [2.24, 2.45) is 5.73 Å². The van der Waals surface area contributed by atoms with Gasteiger partial charge >= 0.3 is 13.8 Å². The van der Waals surface area contributed by atoms with Crippen molar-refractivity contribution < 1.29 is 32.8 Å². The largest absolute Gasteiger partial charge is 0.472 e. The first-order chi connectivity index (χ1) is 27.4. The number of hydrogen-bond acceptors (Lipinski definition) is 7. The van der Waals surface area contributed by atoms with Gasteiger partial charge in [-0.15, -0.1) is 0 Å². The molecule has 3 N–H and O–H groups in total. The number of nitrogens with two attached hydrogens (primary N) is 1. The second-order valence-electron chi connectivity index (χ2n) is 15.6. The predicted octanol–water partition coefficient (Wildman–Crippen LogP) is 14.2. The molecule has 0 amide bonds. The Morgan fingerprint density at radius 2 is 0.946 bits per heavy atom. The standard InChI is InChI=1S/C47H90NO7P/c1-3-5-7-9-11-13-15-17-19-21-23-25-27-29-31-33-35-37-39-42-52-44-46(45-54-56(50,51)53-43-41-48)55-47(49)40-38-36-34-32-30-28-26-24-22-20-18-16-14-12-10-8-6-4-2/h13,15,19-22,46H,3-12,14,16-18,23-45,48H2,1-2H3,(H,50,51)/b15-13-,21-19-,22-20-. The number of phosphoric ester groups is 1. The van der Waals surface area contributed by atoms with Crippen LogP contribution in [0.5, 0.6) is 0 Å². The summed E-state index contributed by atoms with van der Waals surface area (Å²) in [6.07, 6.45) is 51.6. The van der Waals surface area contributed by atoms with E-state index in [1.54, 1.807) is 0 Å². The fourth-order valence-electron chi connectivity index (χ4n) is 6.55. The fourth-order valence-corrected chi connectivity index (χ4v) is 7.32. The third-order valence-electron chi connectivity index (χ3n) is 10.0. The van der Waals surface area contributed by atoms with Crippen LogP contribution in [0.2, 0.25) is 0 Å². The van der Waals surface area contributed by atoms with Crippen molar-refractivity contribution in [2.45, 2.75) is 225 Å². The van der Waals surface area contributed by atoms with E-state index in [4.69, 9.17) is 24.3 Å². The second-order valence-corrected chi connectivity index (χ2v) is 17.1. The highest BCUT2D eigenvalue weighted by Crippen LogP contribution is 2.43. The minimum absolute atomic E-state index is 0.0973. The van der Waals surface area contributed by atoms with Gasteiger partial charge in [0.1, 0.15) is 6.10 Å². The molecule has 0 aliphatic carbocycles. The number of ether oxygens (including phenoxy) is 2. The first kappa shape index (κ1) is 54.7. The van der Waals surface area contributed by atoms with E-state index in [0.29, 0.717) is 13.0 Å². The normalized spacial score (nSPS) is 13.7. The molecule has 0 fully saturated rings. The summed E-state index contributed by atoms with van der Waals surface area (Å²) >= 11 is 0. The Kier molecular flexibility index (Phi) is 43.8. The van der Waals surface area contributed by atoms with Crippen LogP contribution >= 0.6 is 7.82 Å². The van der Waals surface area contributed by atoms with Crippen LogP contribution in [0.15, 0.2) is 36.5 Å². The van der Waals surface area contributed by atoms with E-state index in [1.165, 1.54) is 161 Å². The zero-order valence-electron chi connectivity index (χ0n) is 36.6. The van der Waals surface area contributed by atoms with Crippen LogP contribution in [0.25, 0.3) is 0 Å². The molecule has 0 aromatic heterocycles. The van der Waals surface area contributed by atoms with Crippen LogP contribution in [-0.2, 0) is 27.9 Å². The SMILES string of the molecule is CCCCCC/C=C\C/C=C\CCCCCCCCCCOCC(COP(=O)(O)OCCN)OC(=O)CCCCCCCCC/C=C\CCCCCCCCC. The van der Waals surface area contributed by atoms with Gasteiger partial charge < -0.3 is 20.1 Å². The lowest BCUT2D eigenvalue weighted by Gasteiger charge is -2.20. The summed E-state index contributed by atoms with van der Waals surface area (Å²) in [5, 5.41) is 0. The second kappa shape index (κ2) is 44.8. The fraction of sp³-hybridized carbons (Fsp3) is 0.851. The van der Waals surface area contributed by atoms with Crippen LogP contribution < -0.4 is 5.73 Å². The number of carbonyl (C=O) groups is 1. The summed E-state index contributed by atoms with van der Waals surface area (Å²) in [5.74, 6) is -0.335. The van der Waals surface area contributed by atoms with Gasteiger partial charge in [0.05, 0.1) is 19.8 Å². The van der Waals surface area contributed by atoms with E-state index in [-0.39, 0.29) is 32.3 Å². The molecule has 0 aliphatic rings. The molecule has 56 heavy (non-hydrogen) atoms. The van der Waals surface area contributed by atoms with Gasteiger partial charge in [0.25, 0.3) is 0 Å². The lowest BCUT2D eigenvalue weighted by atomic mass is 10.1. The highest BCUT2D eigenvalue weighted by molar-refractivity contribution is 7.47. The van der Waals surface area contributed by atoms with E-state index in [0.717, 1.165) is 38.5 Å². The molecule has 2 atom stereocenters. The maximum atomic E-state index is 12.6. The third-order valence-corrected chi connectivity index (χ3v) is 11.0. The van der Waals surface area contributed by atoms with Gasteiger partial charge in [-0.3, -0.25) is 13.8 Å². The minimum Gasteiger partial charge on any atom is -0.457 e. The quantitative estimate of drug-likeness (QED) is 0.0270. The zero-order valence-corrected chi connectivity index (χ0v) is 37.5. The molecule has 0 radical (unpaired) electrons. The van der Waals surface area contributed by atoms with Crippen molar-refractivity contribution in [3.05, 3.63) is 36.5 Å². The number of phosphoric acid groups is 1. The Labute approximate surface area is 346 Å². The molecule has 0 aliphatic heterocycles. The molecule has 0 rings (SSSR count). The zero-order chi connectivity index (χ0) is 40.9. The van der Waals surface area contributed by atoms with Crippen molar-refractivity contribution in [1.29, 1.82) is 0 Å². The molecular weight excluding hydrogens is 721 g/mol. The van der Waals surface area contributed by atoms with Crippen molar-refractivity contribution in [3.63, 3.8) is 0 Å². The highest BCUT2D eigenvalue weighted by Gasteiger charge is 2.25. The number of carbonyl (C=O) groups excluding carboxylic acids is 1. The Morgan fingerprint density at radius 3 is 1.43 bits per heavy atom. The van der Waals surface area contributed by atoms with Gasteiger partial charge in [-0.2, -0.15) is 0 Å². The summed E-state index contributed by atoms with van der Waals surface area (Å²) in [6, 6.07) is 0. The average molecular weight is 812 g/mol. The molecular formula is C47H90NO7P. The summed E-state index contributed by atoms with van der Waals surface area (Å²) in [4.78, 5) is 22.5. The highest BCUT2D eigenvalue weighted by atomic mass is 31.2. The van der Waals surface area contributed by atoms with Crippen molar-refractivity contribution in [1.82, 2.24) is 0 Å². The molecule has 2 unspecified atom stereocenters. The molecule has 9 heteroatoms. The summed E-state index contributed by atoms with van der Waals surface area (Å²) < 4.78 is 33.5. The monoisotopic (exact) mass is 812 g/mol. The first-order valence-corrected chi connectivity index (χ1v) is 25.0. The van der Waals surface area contributed by atoms with Crippen LogP contribution in [0.4, 0.5) is 0 Å². The average Bonchev–Trinajstić information content (AvgIpc) is 3.19. The summed E-state index contributed by atoms with van der Waals surface area (Å²) in [6.45, 7) is 4.91. The van der Waals surface area contributed by atoms with Crippen LogP contribution in [-0.4, -0.2) is 49.9 Å². The Hall–Kier alpha value is -1.28. The molecule has 0 aromatic rings. The summed E-state index contributed by atoms with van der Waals surface area (Å²) in [7, 11) is -4.28. The lowest BCUT2D eigenvalue weighted by molar-refractivity contribution is -0.154. The Morgan fingerprint density at radius 1 is 0.536 bits per heavy atom. The Balaban J connectivity index is 4.00. The first-order valence-electron chi connectivity index (χ1n) is 23.5. The smallest absolute Gasteiger partial charge is 0.457 e. The van der Waals surface area contributed by atoms with E-state index >= 15 is 0 Å². The van der Waals surface area contributed by atoms with E-state index in [2.05, 4.69) is 50.3 Å². The van der Waals surface area contributed by atoms with Crippen LogP contribution in [0.3, 0.4) is 0 Å². The van der Waals surface area contributed by atoms with E-state index in [1.807, 2.05) is 0 Å². The minimum atomic E-state index is -4.28. The lowest BCUT2D eigenvalue weighted by Crippen LogP contribution is -2.28. The van der Waals surface area contributed by atoms with Crippen molar-refractivity contribution >= 4 is 13.8 Å². The van der Waals surface area contributed by atoms with Crippen LogP contribution in [0.1, 0.15) is 219 Å². The molecule has 0 saturated heterocycles. The van der Waals surface area contributed by atoms with Gasteiger partial charge in [-0.1, -0.05) is 179 Å². The van der Waals surface area contributed by atoms with Gasteiger partial charge in [0, 0.05) is 19.6 Å². The Bertz CT molecular complexity index is 957.